The topological polar surface area (TPSA) is 55.8 Å². The number of fused-ring (bicyclic) bond motifs is 1. The van der Waals surface area contributed by atoms with Crippen molar-refractivity contribution in [3.05, 3.63) is 63.3 Å². The molecule has 1 aliphatic heterocycles. The molecule has 0 bridgehead atoms. The van der Waals surface area contributed by atoms with Gasteiger partial charge in [-0.15, -0.1) is 0 Å². The zero-order chi connectivity index (χ0) is 19.6. The van der Waals surface area contributed by atoms with Gasteiger partial charge in [-0.1, -0.05) is 29.3 Å². The second kappa shape index (κ2) is 8.03. The Kier molecular flexibility index (Phi) is 5.73. The van der Waals surface area contributed by atoms with Crippen LogP contribution in [0.2, 0.25) is 10.0 Å². The number of allylic oxidation sites excluding steroid dienone is 1. The van der Waals surface area contributed by atoms with Crippen LogP contribution in [0.3, 0.4) is 0 Å². The Morgan fingerprint density at radius 2 is 1.89 bits per heavy atom. The average molecular weight is 406 g/mol. The van der Waals surface area contributed by atoms with Gasteiger partial charge in [-0.05, 0) is 49.8 Å². The lowest BCUT2D eigenvalue weighted by atomic mass is 10.1. The van der Waals surface area contributed by atoms with Crippen molar-refractivity contribution in [3.8, 4) is 11.5 Å². The van der Waals surface area contributed by atoms with Crippen molar-refractivity contribution in [2.45, 2.75) is 13.8 Å². The number of hydrogen-bond acceptors (Lipinski definition) is 4. The smallest absolute Gasteiger partial charge is 0.415 e. The molecule has 1 aliphatic rings. The fraction of sp³-hybridized carbons (Fsp3) is 0.200. The van der Waals surface area contributed by atoms with E-state index in [1.807, 2.05) is 13.8 Å². The highest BCUT2D eigenvalue weighted by Gasteiger charge is 2.28. The van der Waals surface area contributed by atoms with Crippen LogP contribution < -0.4 is 9.47 Å². The molecule has 1 amide bonds. The van der Waals surface area contributed by atoms with Crippen LogP contribution in [0.5, 0.6) is 11.5 Å². The molecule has 7 heteroatoms. The monoisotopic (exact) mass is 405 g/mol. The molecule has 5 nitrogen and oxygen atoms in total. The molecule has 2 aromatic rings. The van der Waals surface area contributed by atoms with E-state index in [0.717, 1.165) is 0 Å². The number of Topliss-reactive ketones (excluding diaryl/α,β-unsaturated/α-hetero) is 1. The molecule has 0 spiro atoms. The van der Waals surface area contributed by atoms with E-state index in [1.54, 1.807) is 41.3 Å². The Hall–Kier alpha value is -2.50. The molecule has 1 heterocycles. The highest BCUT2D eigenvalue weighted by Crippen LogP contribution is 2.35. The lowest BCUT2D eigenvalue weighted by Gasteiger charge is -2.17. The molecule has 0 radical (unpaired) electrons. The number of ether oxygens (including phenoxy) is 2. The summed E-state index contributed by atoms with van der Waals surface area (Å²) in [6, 6.07) is 9.64. The predicted molar refractivity (Wildman–Crippen MR) is 105 cm³/mol. The third-order valence-electron chi connectivity index (χ3n) is 4.12. The Morgan fingerprint density at radius 1 is 1.15 bits per heavy atom. The molecule has 3 rings (SSSR count). The van der Waals surface area contributed by atoms with E-state index in [4.69, 9.17) is 32.7 Å². The number of halogens is 2. The molecular weight excluding hydrogens is 389 g/mol. The van der Waals surface area contributed by atoms with E-state index in [2.05, 4.69) is 0 Å². The van der Waals surface area contributed by atoms with E-state index in [0.29, 0.717) is 45.8 Å². The van der Waals surface area contributed by atoms with E-state index in [1.165, 1.54) is 6.07 Å². The number of ketones is 1. The Morgan fingerprint density at radius 3 is 2.56 bits per heavy atom. The number of rotatable bonds is 4. The summed E-state index contributed by atoms with van der Waals surface area (Å²) < 4.78 is 11.0. The summed E-state index contributed by atoms with van der Waals surface area (Å²) in [4.78, 5) is 26.2. The molecular formula is C20H17Cl2NO4. The zero-order valence-electron chi connectivity index (χ0n) is 14.8. The first-order valence-corrected chi connectivity index (χ1v) is 9.18. The third kappa shape index (κ3) is 4.10. The van der Waals surface area contributed by atoms with Crippen molar-refractivity contribution < 1.29 is 19.1 Å². The maximum Gasteiger partial charge on any atom is 0.415 e. The van der Waals surface area contributed by atoms with Crippen LogP contribution in [-0.2, 0) is 0 Å². The van der Waals surface area contributed by atoms with E-state index in [9.17, 15) is 9.59 Å². The Balaban J connectivity index is 1.83. The van der Waals surface area contributed by atoms with Gasteiger partial charge in [0.15, 0.2) is 5.76 Å². The standard InChI is InChI=1S/C20H17Cl2NO4/c1-3-23(4-2)20(25)26-14-7-8-15-17(11-14)27-18(19(15)24)9-12-5-6-13(21)10-16(12)22/h5-11H,3-4H2,1-2H3. The average Bonchev–Trinajstić information content (AvgIpc) is 2.93. The number of amides is 1. The van der Waals surface area contributed by atoms with Gasteiger partial charge in [0.2, 0.25) is 5.78 Å². The molecule has 0 unspecified atom stereocenters. The Bertz CT molecular complexity index is 936. The second-order valence-corrected chi connectivity index (χ2v) is 6.65. The number of benzene rings is 2. The van der Waals surface area contributed by atoms with Gasteiger partial charge in [0, 0.05) is 29.2 Å². The van der Waals surface area contributed by atoms with Crippen LogP contribution in [0, 0.1) is 0 Å². The molecule has 0 atom stereocenters. The summed E-state index contributed by atoms with van der Waals surface area (Å²) in [6.45, 7) is 4.83. The van der Waals surface area contributed by atoms with Gasteiger partial charge in [-0.2, -0.15) is 0 Å². The summed E-state index contributed by atoms with van der Waals surface area (Å²) in [5.74, 6) is 0.518. The van der Waals surface area contributed by atoms with Gasteiger partial charge in [0.05, 0.1) is 5.56 Å². The maximum absolute atomic E-state index is 12.5. The van der Waals surface area contributed by atoms with Crippen molar-refractivity contribution >= 4 is 41.2 Å². The largest absolute Gasteiger partial charge is 0.452 e. The van der Waals surface area contributed by atoms with Gasteiger partial charge in [0.25, 0.3) is 0 Å². The van der Waals surface area contributed by atoms with Crippen LogP contribution in [0.1, 0.15) is 29.8 Å². The fourth-order valence-corrected chi connectivity index (χ4v) is 3.10. The molecule has 0 aromatic heterocycles. The third-order valence-corrected chi connectivity index (χ3v) is 4.68. The van der Waals surface area contributed by atoms with Gasteiger partial charge in [0.1, 0.15) is 11.5 Å². The van der Waals surface area contributed by atoms with Gasteiger partial charge < -0.3 is 14.4 Å². The minimum absolute atomic E-state index is 0.140. The Labute approximate surface area is 167 Å². The zero-order valence-corrected chi connectivity index (χ0v) is 16.3. The SMILES string of the molecule is CCN(CC)C(=O)Oc1ccc2c(c1)OC(=Cc1ccc(Cl)cc1Cl)C2=O. The summed E-state index contributed by atoms with van der Waals surface area (Å²) in [6.07, 6.45) is 1.11. The van der Waals surface area contributed by atoms with Crippen molar-refractivity contribution in [2.24, 2.45) is 0 Å². The van der Waals surface area contributed by atoms with Gasteiger partial charge >= 0.3 is 6.09 Å². The molecule has 0 fully saturated rings. The summed E-state index contributed by atoms with van der Waals surface area (Å²) in [5.41, 5.74) is 1.01. The van der Waals surface area contributed by atoms with Gasteiger partial charge in [-0.25, -0.2) is 4.79 Å². The first kappa shape index (κ1) is 19.3. The minimum atomic E-state index is -0.451. The highest BCUT2D eigenvalue weighted by molar-refractivity contribution is 6.35. The lowest BCUT2D eigenvalue weighted by molar-refractivity contribution is 0.101. The quantitative estimate of drug-likeness (QED) is 0.634. The first-order chi connectivity index (χ1) is 12.9. The van der Waals surface area contributed by atoms with Crippen LogP contribution in [0.25, 0.3) is 6.08 Å². The highest BCUT2D eigenvalue weighted by atomic mass is 35.5. The van der Waals surface area contributed by atoms with E-state index < -0.39 is 6.09 Å². The molecule has 0 saturated carbocycles. The van der Waals surface area contributed by atoms with Crippen molar-refractivity contribution in [1.82, 2.24) is 4.90 Å². The number of carbonyl (C=O) groups excluding carboxylic acids is 2. The van der Waals surface area contributed by atoms with E-state index in [-0.39, 0.29) is 11.5 Å². The second-order valence-electron chi connectivity index (χ2n) is 5.80. The first-order valence-electron chi connectivity index (χ1n) is 8.43. The fourth-order valence-electron chi connectivity index (χ4n) is 2.64. The number of carbonyl (C=O) groups is 2. The predicted octanol–water partition coefficient (Wildman–Crippen LogP) is 5.45. The van der Waals surface area contributed by atoms with Crippen molar-refractivity contribution in [1.29, 1.82) is 0 Å². The normalized spacial score (nSPS) is 14.1. The minimum Gasteiger partial charge on any atom is -0.452 e. The van der Waals surface area contributed by atoms with Crippen molar-refractivity contribution in [3.63, 3.8) is 0 Å². The lowest BCUT2D eigenvalue weighted by Crippen LogP contribution is -2.33. The van der Waals surface area contributed by atoms with Crippen LogP contribution in [-0.4, -0.2) is 29.9 Å². The van der Waals surface area contributed by atoms with Gasteiger partial charge in [-0.3, -0.25) is 4.79 Å². The summed E-state index contributed by atoms with van der Waals surface area (Å²) in [7, 11) is 0. The molecule has 0 aliphatic carbocycles. The van der Waals surface area contributed by atoms with Crippen molar-refractivity contribution in [2.75, 3.05) is 13.1 Å². The van der Waals surface area contributed by atoms with Crippen LogP contribution in [0.4, 0.5) is 4.79 Å². The maximum atomic E-state index is 12.5. The number of hydrogen-bond donors (Lipinski definition) is 0. The molecule has 0 N–H and O–H groups in total. The van der Waals surface area contributed by atoms with Crippen LogP contribution >= 0.6 is 23.2 Å². The summed E-state index contributed by atoms with van der Waals surface area (Å²) >= 11 is 12.0. The molecule has 0 saturated heterocycles. The van der Waals surface area contributed by atoms with Crippen LogP contribution in [0.15, 0.2) is 42.2 Å². The molecule has 2 aromatic carbocycles. The number of nitrogens with zero attached hydrogens (tertiary/aromatic N) is 1. The summed E-state index contributed by atoms with van der Waals surface area (Å²) in [5, 5.41) is 0.917. The molecule has 140 valence electrons. The molecule has 27 heavy (non-hydrogen) atoms. The van der Waals surface area contributed by atoms with E-state index >= 15 is 0 Å².